The van der Waals surface area contributed by atoms with Gasteiger partial charge in [0.15, 0.2) is 5.11 Å². The zero-order chi connectivity index (χ0) is 21.8. The first-order chi connectivity index (χ1) is 14.4. The molecule has 0 atom stereocenters. The monoisotopic (exact) mass is 444 g/mol. The molecule has 1 N–H and O–H groups in total. The normalized spacial score (nSPS) is 15.4. The van der Waals surface area contributed by atoms with E-state index in [0.717, 1.165) is 5.56 Å². The van der Waals surface area contributed by atoms with Crippen LogP contribution in [0.5, 0.6) is 11.5 Å². The summed E-state index contributed by atoms with van der Waals surface area (Å²) in [5, 5.41) is 3.11. The van der Waals surface area contributed by atoms with Gasteiger partial charge in [-0.15, -0.1) is 0 Å². The maximum absolute atomic E-state index is 13.2. The van der Waals surface area contributed by atoms with Crippen LogP contribution < -0.4 is 19.7 Å². The third-order valence-corrected chi connectivity index (χ3v) is 5.00. The Hall–Kier alpha value is -2.90. The van der Waals surface area contributed by atoms with Crippen molar-refractivity contribution in [3.63, 3.8) is 0 Å². The van der Waals surface area contributed by atoms with Crippen molar-refractivity contribution in [1.82, 2.24) is 5.32 Å². The Bertz CT molecular complexity index is 1030. The molecule has 0 saturated carbocycles. The number of hydrogen-bond acceptors (Lipinski definition) is 5. The van der Waals surface area contributed by atoms with Crippen LogP contribution in [0.15, 0.2) is 42.0 Å². The lowest BCUT2D eigenvalue weighted by atomic mass is 10.0. The van der Waals surface area contributed by atoms with Gasteiger partial charge < -0.3 is 9.47 Å². The van der Waals surface area contributed by atoms with Crippen LogP contribution >= 0.6 is 23.8 Å². The number of nitrogens with one attached hydrogen (secondary N) is 1. The van der Waals surface area contributed by atoms with Gasteiger partial charge >= 0.3 is 0 Å². The molecule has 6 nitrogen and oxygen atoms in total. The number of carbonyl (C=O) groups is 2. The second-order valence-corrected chi connectivity index (χ2v) is 7.23. The highest BCUT2D eigenvalue weighted by Crippen LogP contribution is 2.34. The van der Waals surface area contributed by atoms with Crippen molar-refractivity contribution >= 4 is 52.5 Å². The van der Waals surface area contributed by atoms with E-state index in [1.807, 2.05) is 20.8 Å². The number of anilines is 1. The van der Waals surface area contributed by atoms with Gasteiger partial charge in [-0.05, 0) is 75.5 Å². The van der Waals surface area contributed by atoms with E-state index in [1.54, 1.807) is 36.4 Å². The highest BCUT2D eigenvalue weighted by atomic mass is 35.5. The largest absolute Gasteiger partial charge is 0.493 e. The first kappa shape index (κ1) is 21.8. The number of thiocarbonyl (C=S) groups is 1. The molecular formula is C22H21ClN2O4S. The SMILES string of the molecule is CCOc1ccc(C=C2C(=O)NC(=S)N(c3ccc(Cl)cc3)C2=O)c(OCC)c1C. The van der Waals surface area contributed by atoms with Crippen LogP contribution in [0.25, 0.3) is 6.08 Å². The number of nitrogens with zero attached hydrogens (tertiary/aromatic N) is 1. The Morgan fingerprint density at radius 2 is 1.73 bits per heavy atom. The molecule has 1 fully saturated rings. The first-order valence-electron chi connectivity index (χ1n) is 9.43. The third-order valence-electron chi connectivity index (χ3n) is 4.46. The second kappa shape index (κ2) is 9.28. The molecule has 0 aromatic heterocycles. The van der Waals surface area contributed by atoms with Crippen LogP contribution in [-0.2, 0) is 9.59 Å². The van der Waals surface area contributed by atoms with E-state index < -0.39 is 11.8 Å². The minimum absolute atomic E-state index is 0.0115. The topological polar surface area (TPSA) is 67.9 Å². The maximum atomic E-state index is 13.2. The van der Waals surface area contributed by atoms with Gasteiger partial charge in [0, 0.05) is 16.1 Å². The molecule has 0 radical (unpaired) electrons. The summed E-state index contributed by atoms with van der Waals surface area (Å²) in [6.07, 6.45) is 1.51. The molecule has 3 rings (SSSR count). The lowest BCUT2D eigenvalue weighted by Gasteiger charge is -2.29. The highest BCUT2D eigenvalue weighted by molar-refractivity contribution is 7.80. The molecule has 30 heavy (non-hydrogen) atoms. The van der Waals surface area contributed by atoms with E-state index in [0.29, 0.717) is 41.0 Å². The molecule has 156 valence electrons. The van der Waals surface area contributed by atoms with Gasteiger partial charge in [-0.3, -0.25) is 19.8 Å². The minimum Gasteiger partial charge on any atom is -0.493 e. The smallest absolute Gasteiger partial charge is 0.270 e. The summed E-state index contributed by atoms with van der Waals surface area (Å²) < 4.78 is 11.4. The molecule has 1 saturated heterocycles. The Morgan fingerprint density at radius 3 is 2.37 bits per heavy atom. The second-order valence-electron chi connectivity index (χ2n) is 6.41. The van der Waals surface area contributed by atoms with Crippen LogP contribution in [-0.4, -0.2) is 30.1 Å². The summed E-state index contributed by atoms with van der Waals surface area (Å²) >= 11 is 11.2. The van der Waals surface area contributed by atoms with Crippen LogP contribution in [0.3, 0.4) is 0 Å². The lowest BCUT2D eigenvalue weighted by molar-refractivity contribution is -0.122. The molecule has 1 aliphatic heterocycles. The van der Waals surface area contributed by atoms with Crippen molar-refractivity contribution in [1.29, 1.82) is 0 Å². The Morgan fingerprint density at radius 1 is 1.07 bits per heavy atom. The van der Waals surface area contributed by atoms with Crippen LogP contribution in [0.1, 0.15) is 25.0 Å². The van der Waals surface area contributed by atoms with Gasteiger partial charge in [-0.2, -0.15) is 0 Å². The Labute approximate surface area is 185 Å². The Balaban J connectivity index is 2.06. The number of ether oxygens (including phenoxy) is 2. The fourth-order valence-electron chi connectivity index (χ4n) is 3.09. The summed E-state index contributed by atoms with van der Waals surface area (Å²) in [5.41, 5.74) is 1.85. The van der Waals surface area contributed by atoms with Gasteiger partial charge in [0.1, 0.15) is 17.1 Å². The van der Waals surface area contributed by atoms with Crippen molar-refractivity contribution in [2.75, 3.05) is 18.1 Å². The summed E-state index contributed by atoms with van der Waals surface area (Å²) in [6, 6.07) is 10.2. The summed E-state index contributed by atoms with van der Waals surface area (Å²) in [4.78, 5) is 27.0. The number of benzene rings is 2. The third kappa shape index (κ3) is 4.32. The highest BCUT2D eigenvalue weighted by Gasteiger charge is 2.34. The number of amides is 2. The number of rotatable bonds is 6. The van der Waals surface area contributed by atoms with Crippen molar-refractivity contribution in [3.05, 3.63) is 58.1 Å². The lowest BCUT2D eigenvalue weighted by Crippen LogP contribution is -2.54. The summed E-state index contributed by atoms with van der Waals surface area (Å²) in [6.45, 7) is 6.57. The van der Waals surface area contributed by atoms with E-state index in [1.165, 1.54) is 11.0 Å². The van der Waals surface area contributed by atoms with E-state index >= 15 is 0 Å². The van der Waals surface area contributed by atoms with E-state index in [-0.39, 0.29) is 10.7 Å². The fraction of sp³-hybridized carbons (Fsp3) is 0.227. The van der Waals surface area contributed by atoms with Gasteiger partial charge in [0.2, 0.25) is 0 Å². The molecule has 0 aliphatic carbocycles. The summed E-state index contributed by atoms with van der Waals surface area (Å²) in [7, 11) is 0. The van der Waals surface area contributed by atoms with Gasteiger partial charge in [0.05, 0.1) is 18.9 Å². The van der Waals surface area contributed by atoms with Gasteiger partial charge in [0.25, 0.3) is 11.8 Å². The molecule has 2 aromatic carbocycles. The van der Waals surface area contributed by atoms with Crippen molar-refractivity contribution in [2.45, 2.75) is 20.8 Å². The average Bonchev–Trinajstić information content (AvgIpc) is 2.71. The molecule has 1 aliphatic rings. The summed E-state index contributed by atoms with van der Waals surface area (Å²) in [5.74, 6) is 0.151. The van der Waals surface area contributed by atoms with E-state index in [2.05, 4.69) is 5.32 Å². The Kier molecular flexibility index (Phi) is 6.74. The zero-order valence-corrected chi connectivity index (χ0v) is 18.4. The van der Waals surface area contributed by atoms with Gasteiger partial charge in [-0.25, -0.2) is 0 Å². The number of halogens is 1. The fourth-order valence-corrected chi connectivity index (χ4v) is 3.50. The van der Waals surface area contributed by atoms with Crippen molar-refractivity contribution in [3.8, 4) is 11.5 Å². The predicted octanol–water partition coefficient (Wildman–Crippen LogP) is 4.28. The predicted molar refractivity (Wildman–Crippen MR) is 121 cm³/mol. The van der Waals surface area contributed by atoms with Gasteiger partial charge in [-0.1, -0.05) is 11.6 Å². The quantitative estimate of drug-likeness (QED) is 0.409. The first-order valence-corrected chi connectivity index (χ1v) is 10.2. The molecule has 0 spiro atoms. The molecule has 0 unspecified atom stereocenters. The van der Waals surface area contributed by atoms with E-state index in [9.17, 15) is 9.59 Å². The molecule has 2 amide bonds. The standard InChI is InChI=1S/C22H21ClN2O4S/c1-4-28-18-11-6-14(19(13(18)3)29-5-2)12-17-20(26)24-22(30)25(21(17)27)16-9-7-15(23)8-10-16/h6-12H,4-5H2,1-3H3,(H,24,26,30). The van der Waals surface area contributed by atoms with E-state index in [4.69, 9.17) is 33.3 Å². The van der Waals surface area contributed by atoms with Crippen molar-refractivity contribution < 1.29 is 19.1 Å². The van der Waals surface area contributed by atoms with Crippen LogP contribution in [0.2, 0.25) is 5.02 Å². The minimum atomic E-state index is -0.566. The zero-order valence-electron chi connectivity index (χ0n) is 16.8. The van der Waals surface area contributed by atoms with Crippen LogP contribution in [0, 0.1) is 6.92 Å². The molecular weight excluding hydrogens is 424 g/mol. The maximum Gasteiger partial charge on any atom is 0.270 e. The number of carbonyl (C=O) groups excluding carboxylic acids is 2. The van der Waals surface area contributed by atoms with Crippen molar-refractivity contribution in [2.24, 2.45) is 0 Å². The molecule has 1 heterocycles. The average molecular weight is 445 g/mol. The number of hydrogen-bond donors (Lipinski definition) is 1. The molecule has 0 bridgehead atoms. The van der Waals surface area contributed by atoms with Crippen LogP contribution in [0.4, 0.5) is 5.69 Å². The molecule has 8 heteroatoms. The molecule has 2 aromatic rings.